The van der Waals surface area contributed by atoms with E-state index in [1.165, 1.54) is 11.1 Å². The number of fused-ring (bicyclic) bond motifs is 1. The number of nitrogens with one attached hydrogen (secondary N) is 2. The first kappa shape index (κ1) is 16.2. The number of aromatic nitrogens is 2. The number of carbonyl (C=O) groups is 1. The van der Waals surface area contributed by atoms with Gasteiger partial charge in [0.1, 0.15) is 13.1 Å². The summed E-state index contributed by atoms with van der Waals surface area (Å²) in [6.45, 7) is 5.40. The third-order valence-electron chi connectivity index (χ3n) is 4.19. The minimum atomic E-state index is 0.0954. The molecule has 0 saturated carbocycles. The molecule has 24 heavy (non-hydrogen) atoms. The summed E-state index contributed by atoms with van der Waals surface area (Å²) in [5.41, 5.74) is 4.74. The smallest absolute Gasteiger partial charge is 0.275 e. The van der Waals surface area contributed by atoms with Crippen molar-refractivity contribution < 1.29 is 9.36 Å². The number of nitrogens with zero attached hydrogens (tertiary/aromatic N) is 1. The number of amides is 1. The van der Waals surface area contributed by atoms with Crippen LogP contribution in [0.1, 0.15) is 36.7 Å². The second kappa shape index (κ2) is 7.30. The molecule has 0 saturated heterocycles. The Morgan fingerprint density at radius 3 is 2.62 bits per heavy atom. The van der Waals surface area contributed by atoms with Gasteiger partial charge in [-0.2, -0.15) is 0 Å². The Morgan fingerprint density at radius 1 is 1.12 bits per heavy atom. The van der Waals surface area contributed by atoms with Crippen LogP contribution in [0.2, 0.25) is 0 Å². The van der Waals surface area contributed by atoms with Gasteiger partial charge in [0, 0.05) is 6.42 Å². The number of benzene rings is 2. The maximum absolute atomic E-state index is 11.8. The summed E-state index contributed by atoms with van der Waals surface area (Å²) in [6, 6.07) is 16.8. The number of carbonyl (C=O) groups excluding carboxylic acids is 1. The molecule has 0 spiro atoms. The summed E-state index contributed by atoms with van der Waals surface area (Å²) in [7, 11) is 0. The number of para-hydroxylation sites is 2. The zero-order valence-electron chi connectivity index (χ0n) is 14.3. The molecule has 124 valence electrons. The quantitative estimate of drug-likeness (QED) is 0.673. The van der Waals surface area contributed by atoms with Crippen molar-refractivity contribution in [2.24, 2.45) is 0 Å². The molecule has 3 aromatic rings. The maximum atomic E-state index is 11.8. The van der Waals surface area contributed by atoms with E-state index in [1.807, 2.05) is 19.1 Å². The van der Waals surface area contributed by atoms with Crippen LogP contribution in [0.25, 0.3) is 11.0 Å². The Hall–Kier alpha value is -2.62. The molecule has 0 aliphatic heterocycles. The first-order valence-corrected chi connectivity index (χ1v) is 8.49. The average Bonchev–Trinajstić information content (AvgIpc) is 2.93. The van der Waals surface area contributed by atoms with E-state index in [2.05, 4.69) is 58.2 Å². The van der Waals surface area contributed by atoms with Gasteiger partial charge in [0.15, 0.2) is 11.0 Å². The highest BCUT2D eigenvalue weighted by Gasteiger charge is 2.18. The van der Waals surface area contributed by atoms with Gasteiger partial charge in [-0.15, -0.1) is 0 Å². The Bertz CT molecular complexity index is 834. The Morgan fingerprint density at radius 2 is 1.88 bits per heavy atom. The van der Waals surface area contributed by atoms with E-state index in [0.29, 0.717) is 13.0 Å². The van der Waals surface area contributed by atoms with Gasteiger partial charge < -0.3 is 5.32 Å². The van der Waals surface area contributed by atoms with E-state index < -0.39 is 0 Å². The highest BCUT2D eigenvalue weighted by molar-refractivity contribution is 5.76. The SMILES string of the molecule is CCCC(=O)NCc1[nH]c2ccccc2[n+]1Cc1ccc(C)cc1. The lowest BCUT2D eigenvalue weighted by Crippen LogP contribution is -2.40. The Balaban J connectivity index is 1.89. The second-order valence-corrected chi connectivity index (χ2v) is 6.19. The molecule has 3 rings (SSSR count). The van der Waals surface area contributed by atoms with Gasteiger partial charge in [-0.05, 0) is 31.0 Å². The van der Waals surface area contributed by atoms with Crippen LogP contribution >= 0.6 is 0 Å². The summed E-state index contributed by atoms with van der Waals surface area (Å²) in [5.74, 6) is 1.11. The van der Waals surface area contributed by atoms with E-state index in [-0.39, 0.29) is 5.91 Å². The van der Waals surface area contributed by atoms with Crippen LogP contribution in [0.3, 0.4) is 0 Å². The summed E-state index contributed by atoms with van der Waals surface area (Å²) >= 11 is 0. The van der Waals surface area contributed by atoms with Crippen molar-refractivity contribution >= 4 is 16.9 Å². The highest BCUT2D eigenvalue weighted by atomic mass is 16.1. The van der Waals surface area contributed by atoms with Crippen molar-refractivity contribution in [1.82, 2.24) is 10.3 Å². The van der Waals surface area contributed by atoms with E-state index in [9.17, 15) is 4.79 Å². The molecule has 0 aliphatic carbocycles. The van der Waals surface area contributed by atoms with E-state index in [1.54, 1.807) is 0 Å². The predicted octanol–water partition coefficient (Wildman–Crippen LogP) is 3.23. The van der Waals surface area contributed by atoms with Crippen molar-refractivity contribution in [3.8, 4) is 0 Å². The molecule has 1 heterocycles. The van der Waals surface area contributed by atoms with Crippen LogP contribution < -0.4 is 9.88 Å². The average molecular weight is 322 g/mol. The third kappa shape index (κ3) is 3.65. The highest BCUT2D eigenvalue weighted by Crippen LogP contribution is 2.11. The van der Waals surface area contributed by atoms with Crippen molar-refractivity contribution in [2.45, 2.75) is 39.8 Å². The molecular weight excluding hydrogens is 298 g/mol. The molecule has 0 radical (unpaired) electrons. The molecule has 0 bridgehead atoms. The second-order valence-electron chi connectivity index (χ2n) is 6.19. The van der Waals surface area contributed by atoms with Crippen LogP contribution in [0.4, 0.5) is 0 Å². The number of H-pyrrole nitrogens is 1. The van der Waals surface area contributed by atoms with Crippen LogP contribution in [-0.4, -0.2) is 10.9 Å². The first-order valence-electron chi connectivity index (χ1n) is 8.49. The van der Waals surface area contributed by atoms with Crippen molar-refractivity contribution in [1.29, 1.82) is 0 Å². The van der Waals surface area contributed by atoms with Crippen LogP contribution in [0.15, 0.2) is 48.5 Å². The number of imidazole rings is 1. The molecule has 1 amide bonds. The lowest BCUT2D eigenvalue weighted by Gasteiger charge is -2.05. The minimum Gasteiger partial charge on any atom is -0.344 e. The number of rotatable bonds is 6. The van der Waals surface area contributed by atoms with Crippen molar-refractivity contribution in [2.75, 3.05) is 0 Å². The van der Waals surface area contributed by atoms with Gasteiger partial charge in [0.05, 0.1) is 0 Å². The molecule has 0 aliphatic rings. The fourth-order valence-electron chi connectivity index (χ4n) is 2.88. The van der Waals surface area contributed by atoms with E-state index >= 15 is 0 Å². The van der Waals surface area contributed by atoms with Crippen molar-refractivity contribution in [3.63, 3.8) is 0 Å². The number of hydrogen-bond donors (Lipinski definition) is 2. The van der Waals surface area contributed by atoms with Crippen molar-refractivity contribution in [3.05, 3.63) is 65.5 Å². The summed E-state index contributed by atoms with van der Waals surface area (Å²) in [5, 5.41) is 3.01. The lowest BCUT2D eigenvalue weighted by atomic mass is 10.1. The van der Waals surface area contributed by atoms with Gasteiger partial charge in [-0.3, -0.25) is 4.79 Å². The van der Waals surface area contributed by atoms with Crippen LogP contribution in [0, 0.1) is 6.92 Å². The third-order valence-corrected chi connectivity index (χ3v) is 4.19. The molecule has 2 N–H and O–H groups in total. The van der Waals surface area contributed by atoms with E-state index in [4.69, 9.17) is 0 Å². The fourth-order valence-corrected chi connectivity index (χ4v) is 2.88. The largest absolute Gasteiger partial charge is 0.344 e. The zero-order valence-corrected chi connectivity index (χ0v) is 14.3. The van der Waals surface area contributed by atoms with Crippen LogP contribution in [-0.2, 0) is 17.9 Å². The molecule has 4 nitrogen and oxygen atoms in total. The maximum Gasteiger partial charge on any atom is 0.275 e. The molecular formula is C20H24N3O+. The Kier molecular flexibility index (Phi) is 4.94. The van der Waals surface area contributed by atoms with Gasteiger partial charge in [-0.25, -0.2) is 9.55 Å². The van der Waals surface area contributed by atoms with Gasteiger partial charge in [0.25, 0.3) is 5.82 Å². The van der Waals surface area contributed by atoms with Gasteiger partial charge in [-0.1, -0.05) is 48.9 Å². The lowest BCUT2D eigenvalue weighted by molar-refractivity contribution is -0.670. The standard InChI is InChI=1S/C20H23N3O/c1-3-6-20(24)21-13-19-22-17-7-4-5-8-18(17)23(19)14-16-11-9-15(2)10-12-16/h4-5,7-12H,3,6,13-14H2,1-2H3,(H,21,24)/p+1. The van der Waals surface area contributed by atoms with Crippen LogP contribution in [0.5, 0.6) is 0 Å². The fraction of sp³-hybridized carbons (Fsp3) is 0.300. The minimum absolute atomic E-state index is 0.0954. The number of aryl methyl sites for hydroxylation is 1. The van der Waals surface area contributed by atoms with Gasteiger partial charge >= 0.3 is 0 Å². The zero-order chi connectivity index (χ0) is 16.9. The molecule has 4 heteroatoms. The summed E-state index contributed by atoms with van der Waals surface area (Å²) in [6.07, 6.45) is 1.43. The summed E-state index contributed by atoms with van der Waals surface area (Å²) < 4.78 is 2.24. The number of hydrogen-bond acceptors (Lipinski definition) is 1. The molecule has 0 fully saturated rings. The predicted molar refractivity (Wildman–Crippen MR) is 95.5 cm³/mol. The van der Waals surface area contributed by atoms with E-state index in [0.717, 1.165) is 29.8 Å². The molecule has 2 aromatic carbocycles. The first-order chi connectivity index (χ1) is 11.7. The Labute approximate surface area is 142 Å². The monoisotopic (exact) mass is 322 g/mol. The van der Waals surface area contributed by atoms with Gasteiger partial charge in [0.2, 0.25) is 5.91 Å². The molecule has 0 unspecified atom stereocenters. The number of aromatic amines is 1. The topological polar surface area (TPSA) is 48.8 Å². The molecule has 0 atom stereocenters. The normalized spacial score (nSPS) is 10.9. The summed E-state index contributed by atoms with van der Waals surface area (Å²) in [4.78, 5) is 15.2. The molecule has 1 aromatic heterocycles.